The first-order chi connectivity index (χ1) is 12.5. The van der Waals surface area contributed by atoms with Crippen LogP contribution in [-0.2, 0) is 9.59 Å². The first kappa shape index (κ1) is 18.1. The Morgan fingerprint density at radius 3 is 2.77 bits per heavy atom. The van der Waals surface area contributed by atoms with Crippen molar-refractivity contribution in [2.75, 3.05) is 11.9 Å². The molecule has 134 valence electrons. The number of hydrogen-bond donors (Lipinski definition) is 2. The van der Waals surface area contributed by atoms with Gasteiger partial charge in [0, 0.05) is 29.5 Å². The van der Waals surface area contributed by atoms with Crippen LogP contribution < -0.4 is 10.6 Å². The summed E-state index contributed by atoms with van der Waals surface area (Å²) in [5.74, 6) is -2.27. The second kappa shape index (κ2) is 8.11. The van der Waals surface area contributed by atoms with Crippen LogP contribution in [0.1, 0.15) is 10.9 Å². The predicted molar refractivity (Wildman–Crippen MR) is 97.7 cm³/mol. The Balaban J connectivity index is 1.63. The van der Waals surface area contributed by atoms with Gasteiger partial charge in [-0.05, 0) is 35.7 Å². The van der Waals surface area contributed by atoms with Gasteiger partial charge in [0.05, 0.1) is 5.02 Å². The molecule has 0 aliphatic heterocycles. The van der Waals surface area contributed by atoms with E-state index in [1.54, 1.807) is 23.1 Å². The molecule has 26 heavy (non-hydrogen) atoms. The highest BCUT2D eigenvalue weighted by Crippen LogP contribution is 2.22. The molecular formula is C17H14ClFN4O2S. The highest BCUT2D eigenvalue weighted by molar-refractivity contribution is 7.10. The molecule has 1 atom stereocenters. The monoisotopic (exact) mass is 392 g/mol. The van der Waals surface area contributed by atoms with Crippen LogP contribution in [0.4, 0.5) is 10.1 Å². The van der Waals surface area contributed by atoms with E-state index >= 15 is 0 Å². The Morgan fingerprint density at radius 2 is 2.12 bits per heavy atom. The summed E-state index contributed by atoms with van der Waals surface area (Å²) in [6.45, 7) is 0.193. The number of benzene rings is 1. The minimum absolute atomic E-state index is 0.139. The highest BCUT2D eigenvalue weighted by Gasteiger charge is 2.20. The number of rotatable bonds is 5. The number of carbonyl (C=O) groups excluding carboxylic acids is 2. The van der Waals surface area contributed by atoms with Crippen molar-refractivity contribution in [3.05, 3.63) is 69.9 Å². The molecule has 3 rings (SSSR count). The van der Waals surface area contributed by atoms with E-state index in [1.807, 2.05) is 17.5 Å². The van der Waals surface area contributed by atoms with Gasteiger partial charge < -0.3 is 10.6 Å². The van der Waals surface area contributed by atoms with Gasteiger partial charge in [0.2, 0.25) is 0 Å². The summed E-state index contributed by atoms with van der Waals surface area (Å²) < 4.78 is 14.9. The molecule has 6 nitrogen and oxygen atoms in total. The van der Waals surface area contributed by atoms with Gasteiger partial charge in [0.15, 0.2) is 0 Å². The SMILES string of the molecule is O=C(NCC(c1cccs1)n1cccn1)C(=O)Nc1ccc(F)c(Cl)c1. The number of nitrogens with one attached hydrogen (secondary N) is 2. The molecule has 0 fully saturated rings. The van der Waals surface area contributed by atoms with Crippen LogP contribution in [0.3, 0.4) is 0 Å². The second-order valence-electron chi connectivity index (χ2n) is 5.31. The summed E-state index contributed by atoms with van der Waals surface area (Å²) in [6, 6.07) is 9.08. The van der Waals surface area contributed by atoms with E-state index in [-0.39, 0.29) is 23.3 Å². The molecule has 1 unspecified atom stereocenters. The summed E-state index contributed by atoms with van der Waals surface area (Å²) in [7, 11) is 0. The molecule has 0 bridgehead atoms. The fraction of sp³-hybridized carbons (Fsp3) is 0.118. The summed E-state index contributed by atoms with van der Waals surface area (Å²) in [6.07, 6.45) is 3.44. The summed E-state index contributed by atoms with van der Waals surface area (Å²) in [5, 5.41) is 11.0. The van der Waals surface area contributed by atoms with Crippen LogP contribution in [0.5, 0.6) is 0 Å². The molecule has 0 spiro atoms. The number of halogens is 2. The van der Waals surface area contributed by atoms with Crippen molar-refractivity contribution < 1.29 is 14.0 Å². The smallest absolute Gasteiger partial charge is 0.313 e. The molecule has 2 aromatic heterocycles. The summed E-state index contributed by atoms with van der Waals surface area (Å²) >= 11 is 7.19. The maximum absolute atomic E-state index is 13.1. The van der Waals surface area contributed by atoms with Crippen molar-refractivity contribution in [1.82, 2.24) is 15.1 Å². The largest absolute Gasteiger partial charge is 0.345 e. The molecule has 0 radical (unpaired) electrons. The normalized spacial score (nSPS) is 11.8. The Hall–Kier alpha value is -2.71. The molecule has 2 N–H and O–H groups in total. The Morgan fingerprint density at radius 1 is 1.27 bits per heavy atom. The first-order valence-electron chi connectivity index (χ1n) is 7.61. The standard InChI is InChI=1S/C17H14ClFN4O2S/c18-12-9-11(4-5-13(12)19)22-17(25)16(24)20-10-14(15-3-1-8-26-15)23-7-2-6-21-23/h1-9,14H,10H2,(H,20,24)(H,22,25). The van der Waals surface area contributed by atoms with Gasteiger partial charge >= 0.3 is 11.8 Å². The molecule has 0 saturated carbocycles. The van der Waals surface area contributed by atoms with Gasteiger partial charge in [-0.1, -0.05) is 17.7 Å². The number of anilines is 1. The fourth-order valence-corrected chi connectivity index (χ4v) is 3.30. The lowest BCUT2D eigenvalue weighted by Crippen LogP contribution is -2.38. The van der Waals surface area contributed by atoms with Gasteiger partial charge in [0.25, 0.3) is 0 Å². The number of thiophene rings is 1. The third-order valence-electron chi connectivity index (χ3n) is 3.56. The van der Waals surface area contributed by atoms with Crippen molar-refractivity contribution in [2.24, 2.45) is 0 Å². The summed E-state index contributed by atoms with van der Waals surface area (Å²) in [5.41, 5.74) is 0.235. The Labute approximate surface area is 157 Å². The Kier molecular flexibility index (Phi) is 5.65. The van der Waals surface area contributed by atoms with E-state index in [1.165, 1.54) is 23.5 Å². The van der Waals surface area contributed by atoms with Crippen molar-refractivity contribution in [1.29, 1.82) is 0 Å². The summed E-state index contributed by atoms with van der Waals surface area (Å²) in [4.78, 5) is 25.1. The number of hydrogen-bond acceptors (Lipinski definition) is 4. The Bertz CT molecular complexity index is 865. The molecule has 0 saturated heterocycles. The predicted octanol–water partition coefficient (Wildman–Crippen LogP) is 3.08. The van der Waals surface area contributed by atoms with Gasteiger partial charge in [-0.2, -0.15) is 5.10 Å². The second-order valence-corrected chi connectivity index (χ2v) is 6.70. The minimum Gasteiger partial charge on any atom is -0.345 e. The molecule has 9 heteroatoms. The van der Waals surface area contributed by atoms with E-state index in [9.17, 15) is 14.0 Å². The molecular weight excluding hydrogens is 379 g/mol. The maximum Gasteiger partial charge on any atom is 0.313 e. The van der Waals surface area contributed by atoms with Crippen molar-refractivity contribution in [2.45, 2.75) is 6.04 Å². The van der Waals surface area contributed by atoms with Crippen LogP contribution >= 0.6 is 22.9 Å². The van der Waals surface area contributed by atoms with Crippen molar-refractivity contribution in [3.8, 4) is 0 Å². The lowest BCUT2D eigenvalue weighted by Gasteiger charge is -2.17. The van der Waals surface area contributed by atoms with E-state index in [0.717, 1.165) is 10.9 Å². The fourth-order valence-electron chi connectivity index (χ4n) is 2.30. The van der Waals surface area contributed by atoms with E-state index < -0.39 is 17.6 Å². The number of amides is 2. The first-order valence-corrected chi connectivity index (χ1v) is 8.87. The van der Waals surface area contributed by atoms with E-state index in [2.05, 4.69) is 15.7 Å². The van der Waals surface area contributed by atoms with Crippen LogP contribution in [0.2, 0.25) is 5.02 Å². The maximum atomic E-state index is 13.1. The number of carbonyl (C=O) groups is 2. The minimum atomic E-state index is -0.863. The molecule has 0 aliphatic rings. The van der Waals surface area contributed by atoms with Crippen LogP contribution in [0.15, 0.2) is 54.2 Å². The van der Waals surface area contributed by atoms with E-state index in [4.69, 9.17) is 11.6 Å². The van der Waals surface area contributed by atoms with Crippen molar-refractivity contribution in [3.63, 3.8) is 0 Å². The number of nitrogens with zero attached hydrogens (tertiary/aromatic N) is 2. The van der Waals surface area contributed by atoms with E-state index in [0.29, 0.717) is 0 Å². The van der Waals surface area contributed by atoms with Crippen molar-refractivity contribution >= 4 is 40.4 Å². The van der Waals surface area contributed by atoms with Gasteiger partial charge in [-0.15, -0.1) is 11.3 Å². The number of aromatic nitrogens is 2. The third kappa shape index (κ3) is 4.27. The van der Waals surface area contributed by atoms with Crippen LogP contribution in [0.25, 0.3) is 0 Å². The zero-order chi connectivity index (χ0) is 18.5. The average Bonchev–Trinajstić information content (AvgIpc) is 3.32. The molecule has 3 aromatic rings. The molecule has 2 heterocycles. The lowest BCUT2D eigenvalue weighted by atomic mass is 10.2. The average molecular weight is 393 g/mol. The van der Waals surface area contributed by atoms with Crippen LogP contribution in [-0.4, -0.2) is 28.1 Å². The van der Waals surface area contributed by atoms with Gasteiger partial charge in [0.1, 0.15) is 11.9 Å². The highest BCUT2D eigenvalue weighted by atomic mass is 35.5. The van der Waals surface area contributed by atoms with Gasteiger partial charge in [-0.25, -0.2) is 4.39 Å². The topological polar surface area (TPSA) is 76.0 Å². The molecule has 2 amide bonds. The van der Waals surface area contributed by atoms with Crippen LogP contribution in [0, 0.1) is 5.82 Å². The third-order valence-corrected chi connectivity index (χ3v) is 4.82. The zero-order valence-electron chi connectivity index (χ0n) is 13.4. The molecule has 0 aliphatic carbocycles. The molecule has 1 aromatic carbocycles. The zero-order valence-corrected chi connectivity index (χ0v) is 14.9. The quantitative estimate of drug-likeness (QED) is 0.655. The van der Waals surface area contributed by atoms with Gasteiger partial charge in [-0.3, -0.25) is 14.3 Å². The lowest BCUT2D eigenvalue weighted by molar-refractivity contribution is -0.136.